The monoisotopic (exact) mass is 381 g/mol. The van der Waals surface area contributed by atoms with Crippen LogP contribution >= 0.6 is 34.3 Å². The third-order valence-electron chi connectivity index (χ3n) is 3.37. The van der Waals surface area contributed by atoms with Gasteiger partial charge in [-0.1, -0.05) is 17.7 Å². The average molecular weight is 382 g/mol. The van der Waals surface area contributed by atoms with Crippen molar-refractivity contribution in [1.82, 2.24) is 4.98 Å². The van der Waals surface area contributed by atoms with Gasteiger partial charge in [0.1, 0.15) is 11.8 Å². The molecule has 3 aromatic heterocycles. The lowest BCUT2D eigenvalue weighted by molar-refractivity contribution is -0.129. The van der Waals surface area contributed by atoms with E-state index in [1.54, 1.807) is 22.7 Å². The minimum Gasteiger partial charge on any atom is -0.466 e. The van der Waals surface area contributed by atoms with Crippen LogP contribution < -0.4 is 11.1 Å². The van der Waals surface area contributed by atoms with Crippen LogP contribution in [0.1, 0.15) is 9.75 Å². The molecule has 24 heavy (non-hydrogen) atoms. The third-order valence-corrected chi connectivity index (χ3v) is 5.62. The first-order valence-corrected chi connectivity index (χ1v) is 9.39. The Kier molecular flexibility index (Phi) is 5.68. The normalized spacial score (nSPS) is 12.2. The van der Waals surface area contributed by atoms with Crippen LogP contribution in [0.15, 0.2) is 29.6 Å². The number of rotatable bonds is 8. The maximum atomic E-state index is 10.2. The summed E-state index contributed by atoms with van der Waals surface area (Å²) in [6.45, 7) is 1.36. The van der Waals surface area contributed by atoms with E-state index in [1.807, 2.05) is 18.2 Å². The standard InChI is InChI=1S/C16H16ClN3O2S2/c17-15-6-13(19-7-11-2-1-3-23-11)16-14(20-15)5-12(24-16)4-10(18)8-22-9-21/h1-3,5-6,9-10H,4,7-8,18H2,(H,19,20)/t10-/m1/s1. The number of ether oxygens (including phenoxy) is 1. The zero-order valence-electron chi connectivity index (χ0n) is 12.7. The van der Waals surface area contributed by atoms with E-state index >= 15 is 0 Å². The quantitative estimate of drug-likeness (QED) is 0.460. The van der Waals surface area contributed by atoms with E-state index in [-0.39, 0.29) is 12.6 Å². The lowest BCUT2D eigenvalue weighted by Crippen LogP contribution is -2.28. The molecule has 3 aromatic rings. The fourth-order valence-electron chi connectivity index (χ4n) is 2.35. The molecule has 3 heterocycles. The summed E-state index contributed by atoms with van der Waals surface area (Å²) in [5.74, 6) is 0. The number of thiophene rings is 2. The van der Waals surface area contributed by atoms with Crippen molar-refractivity contribution in [3.8, 4) is 0 Å². The molecule has 126 valence electrons. The second-order valence-electron chi connectivity index (χ2n) is 5.25. The minimum atomic E-state index is -0.235. The molecule has 8 heteroatoms. The van der Waals surface area contributed by atoms with E-state index in [9.17, 15) is 4.79 Å². The van der Waals surface area contributed by atoms with Gasteiger partial charge in [0.2, 0.25) is 0 Å². The first kappa shape index (κ1) is 17.2. The van der Waals surface area contributed by atoms with Crippen molar-refractivity contribution in [2.24, 2.45) is 5.73 Å². The van der Waals surface area contributed by atoms with Gasteiger partial charge in [0.15, 0.2) is 0 Å². The average Bonchev–Trinajstić information content (AvgIpc) is 3.19. The van der Waals surface area contributed by atoms with E-state index in [0.29, 0.717) is 18.0 Å². The van der Waals surface area contributed by atoms with Gasteiger partial charge in [-0.3, -0.25) is 4.79 Å². The van der Waals surface area contributed by atoms with E-state index in [0.717, 1.165) is 27.3 Å². The Balaban J connectivity index is 1.79. The van der Waals surface area contributed by atoms with Crippen molar-refractivity contribution in [3.63, 3.8) is 0 Å². The maximum Gasteiger partial charge on any atom is 0.293 e. The molecule has 1 atom stereocenters. The molecule has 0 unspecified atom stereocenters. The Labute approximate surface area is 152 Å². The number of halogens is 1. The Morgan fingerprint density at radius 3 is 3.04 bits per heavy atom. The zero-order valence-corrected chi connectivity index (χ0v) is 15.1. The molecule has 0 aliphatic rings. The molecule has 0 bridgehead atoms. The predicted molar refractivity (Wildman–Crippen MR) is 100.0 cm³/mol. The van der Waals surface area contributed by atoms with Crippen molar-refractivity contribution in [2.75, 3.05) is 11.9 Å². The molecule has 0 aromatic carbocycles. The molecule has 0 saturated heterocycles. The molecule has 5 nitrogen and oxygen atoms in total. The number of nitrogens with one attached hydrogen (secondary N) is 1. The van der Waals surface area contributed by atoms with Crippen LogP contribution in [0.2, 0.25) is 5.15 Å². The predicted octanol–water partition coefficient (Wildman–Crippen LogP) is 3.67. The molecule has 3 N–H and O–H groups in total. The summed E-state index contributed by atoms with van der Waals surface area (Å²) < 4.78 is 5.77. The van der Waals surface area contributed by atoms with Crippen molar-refractivity contribution in [3.05, 3.63) is 44.6 Å². The molecule has 0 amide bonds. The van der Waals surface area contributed by atoms with Crippen LogP contribution in [-0.2, 0) is 22.5 Å². The van der Waals surface area contributed by atoms with Crippen LogP contribution in [0.4, 0.5) is 5.69 Å². The van der Waals surface area contributed by atoms with Crippen LogP contribution in [0.3, 0.4) is 0 Å². The Morgan fingerprint density at radius 2 is 2.29 bits per heavy atom. The highest BCUT2D eigenvalue weighted by atomic mass is 35.5. The van der Waals surface area contributed by atoms with Crippen molar-refractivity contribution >= 4 is 56.7 Å². The van der Waals surface area contributed by atoms with Gasteiger partial charge in [-0.25, -0.2) is 4.98 Å². The number of nitrogens with two attached hydrogens (primary N) is 1. The Morgan fingerprint density at radius 1 is 1.42 bits per heavy atom. The van der Waals surface area contributed by atoms with E-state index in [4.69, 9.17) is 22.1 Å². The molecule has 0 radical (unpaired) electrons. The highest BCUT2D eigenvalue weighted by molar-refractivity contribution is 7.19. The molecule has 0 spiro atoms. The van der Waals surface area contributed by atoms with Gasteiger partial charge >= 0.3 is 0 Å². The molecule has 0 aliphatic heterocycles. The van der Waals surface area contributed by atoms with E-state index in [2.05, 4.69) is 21.7 Å². The van der Waals surface area contributed by atoms with Crippen molar-refractivity contribution in [2.45, 2.75) is 19.0 Å². The lowest BCUT2D eigenvalue weighted by Gasteiger charge is -2.08. The lowest BCUT2D eigenvalue weighted by atomic mass is 10.2. The largest absolute Gasteiger partial charge is 0.466 e. The zero-order chi connectivity index (χ0) is 16.9. The second kappa shape index (κ2) is 7.94. The summed E-state index contributed by atoms with van der Waals surface area (Å²) in [4.78, 5) is 17.0. The van der Waals surface area contributed by atoms with Crippen LogP contribution in [0, 0.1) is 0 Å². The second-order valence-corrected chi connectivity index (χ2v) is 7.80. The van der Waals surface area contributed by atoms with Crippen molar-refractivity contribution in [1.29, 1.82) is 0 Å². The first-order valence-electron chi connectivity index (χ1n) is 7.31. The summed E-state index contributed by atoms with van der Waals surface area (Å²) in [6, 6.07) is 7.71. The number of carbonyl (C=O) groups excluding carboxylic acids is 1. The topological polar surface area (TPSA) is 77.2 Å². The molecular formula is C16H16ClN3O2S2. The van der Waals surface area contributed by atoms with Gasteiger partial charge in [0, 0.05) is 34.8 Å². The number of aromatic nitrogens is 1. The summed E-state index contributed by atoms with van der Waals surface area (Å²) in [5, 5.41) is 5.93. The van der Waals surface area contributed by atoms with Gasteiger partial charge in [0.25, 0.3) is 6.47 Å². The van der Waals surface area contributed by atoms with Gasteiger partial charge < -0.3 is 15.8 Å². The fourth-order valence-corrected chi connectivity index (χ4v) is 4.37. The van der Waals surface area contributed by atoms with Gasteiger partial charge in [-0.15, -0.1) is 22.7 Å². The number of anilines is 1. The Hall–Kier alpha value is -1.67. The summed E-state index contributed by atoms with van der Waals surface area (Å²) in [7, 11) is 0. The van der Waals surface area contributed by atoms with Crippen LogP contribution in [0.25, 0.3) is 10.2 Å². The van der Waals surface area contributed by atoms with E-state index < -0.39 is 0 Å². The molecular weight excluding hydrogens is 366 g/mol. The van der Waals surface area contributed by atoms with Crippen LogP contribution in [-0.4, -0.2) is 24.1 Å². The Bertz CT molecular complexity index is 820. The number of hydrogen-bond acceptors (Lipinski definition) is 7. The summed E-state index contributed by atoms with van der Waals surface area (Å²) in [5.41, 5.74) is 7.78. The number of nitrogens with zero attached hydrogens (tertiary/aromatic N) is 1. The summed E-state index contributed by atoms with van der Waals surface area (Å²) >= 11 is 9.47. The van der Waals surface area contributed by atoms with Crippen molar-refractivity contribution < 1.29 is 9.53 Å². The third kappa shape index (κ3) is 4.24. The molecule has 0 fully saturated rings. The molecule has 3 rings (SSSR count). The van der Waals surface area contributed by atoms with E-state index in [1.165, 1.54) is 4.88 Å². The number of carbonyl (C=O) groups is 1. The number of hydrogen-bond donors (Lipinski definition) is 2. The summed E-state index contributed by atoms with van der Waals surface area (Å²) in [6.07, 6.45) is 0.622. The SMILES string of the molecule is N[C@@H](COC=O)Cc1cc2nc(Cl)cc(NCc3cccs3)c2s1. The molecule has 0 aliphatic carbocycles. The minimum absolute atomic E-state index is 0.204. The highest BCUT2D eigenvalue weighted by Crippen LogP contribution is 2.33. The number of pyridine rings is 1. The van der Waals surface area contributed by atoms with Gasteiger partial charge in [-0.2, -0.15) is 0 Å². The van der Waals surface area contributed by atoms with Gasteiger partial charge in [0.05, 0.1) is 15.9 Å². The molecule has 0 saturated carbocycles. The number of fused-ring (bicyclic) bond motifs is 1. The van der Waals surface area contributed by atoms with Gasteiger partial charge in [-0.05, 0) is 17.5 Å². The smallest absolute Gasteiger partial charge is 0.293 e. The maximum absolute atomic E-state index is 10.2. The highest BCUT2D eigenvalue weighted by Gasteiger charge is 2.13. The fraction of sp³-hybridized carbons (Fsp3) is 0.250. The first-order chi connectivity index (χ1) is 11.7. The van der Waals surface area contributed by atoms with Crippen LogP contribution in [0.5, 0.6) is 0 Å².